The van der Waals surface area contributed by atoms with Gasteiger partial charge in [-0.25, -0.2) is 8.42 Å². The zero-order chi connectivity index (χ0) is 12.7. The Kier molecular flexibility index (Phi) is 3.01. The van der Waals surface area contributed by atoms with Crippen LogP contribution in [0, 0.1) is 0 Å². The molecular formula is C12H18N2O2S. The monoisotopic (exact) mass is 254 g/mol. The molecule has 0 aromatic heterocycles. The van der Waals surface area contributed by atoms with E-state index < -0.39 is 20.6 Å². The summed E-state index contributed by atoms with van der Waals surface area (Å²) in [6.07, 6.45) is 0. The summed E-state index contributed by atoms with van der Waals surface area (Å²) in [5.41, 5.74) is 11.9. The molecule has 1 fully saturated rings. The summed E-state index contributed by atoms with van der Waals surface area (Å²) in [5.74, 6) is -0.0569. The molecule has 1 aromatic rings. The maximum absolute atomic E-state index is 12.0. The summed E-state index contributed by atoms with van der Waals surface area (Å²) < 4.78 is 24.0. The van der Waals surface area contributed by atoms with E-state index >= 15 is 0 Å². The highest BCUT2D eigenvalue weighted by Gasteiger charge is 2.67. The molecule has 1 saturated carbocycles. The standard InChI is InChI=1S/C12H18N2O2S/c1-2-17(15,16)11-10(12(11,14)8-13)9-6-4-3-5-7-9/h3-7,10-11H,2,8,13-14H2,1H3/t10-,11+,12+/m1/s1. The Labute approximate surface area is 102 Å². The van der Waals surface area contributed by atoms with Gasteiger partial charge in [0.2, 0.25) is 0 Å². The van der Waals surface area contributed by atoms with Crippen molar-refractivity contribution in [3.63, 3.8) is 0 Å². The van der Waals surface area contributed by atoms with E-state index in [9.17, 15) is 8.42 Å². The van der Waals surface area contributed by atoms with Crippen molar-refractivity contribution >= 4 is 9.84 Å². The van der Waals surface area contributed by atoms with Gasteiger partial charge in [-0.15, -0.1) is 0 Å². The summed E-state index contributed by atoms with van der Waals surface area (Å²) >= 11 is 0. The van der Waals surface area contributed by atoms with Gasteiger partial charge in [-0.05, 0) is 5.56 Å². The van der Waals surface area contributed by atoms with E-state index in [1.807, 2.05) is 30.3 Å². The molecule has 0 radical (unpaired) electrons. The van der Waals surface area contributed by atoms with Gasteiger partial charge in [0.05, 0.1) is 10.8 Å². The van der Waals surface area contributed by atoms with Crippen molar-refractivity contribution in [3.05, 3.63) is 35.9 Å². The van der Waals surface area contributed by atoms with Gasteiger partial charge in [-0.1, -0.05) is 37.3 Å². The normalized spacial score (nSPS) is 32.4. The maximum Gasteiger partial charge on any atom is 0.155 e. The summed E-state index contributed by atoms with van der Waals surface area (Å²) in [6.45, 7) is 1.84. The molecule has 94 valence electrons. The summed E-state index contributed by atoms with van der Waals surface area (Å²) in [4.78, 5) is 0. The minimum Gasteiger partial charge on any atom is -0.329 e. The fourth-order valence-electron chi connectivity index (χ4n) is 2.53. The smallest absolute Gasteiger partial charge is 0.155 e. The van der Waals surface area contributed by atoms with Crippen LogP contribution < -0.4 is 11.5 Å². The third-order valence-corrected chi connectivity index (χ3v) is 5.89. The second kappa shape index (κ2) is 4.08. The molecule has 0 unspecified atom stereocenters. The highest BCUT2D eigenvalue weighted by atomic mass is 32.2. The zero-order valence-electron chi connectivity index (χ0n) is 9.84. The Morgan fingerprint density at radius 2 is 1.88 bits per heavy atom. The molecule has 2 rings (SSSR count). The number of hydrogen-bond donors (Lipinski definition) is 2. The molecule has 0 amide bonds. The van der Waals surface area contributed by atoms with Gasteiger partial charge in [0.15, 0.2) is 9.84 Å². The summed E-state index contributed by atoms with van der Waals surface area (Å²) in [5, 5.41) is -0.535. The van der Waals surface area contributed by atoms with E-state index in [4.69, 9.17) is 11.5 Å². The van der Waals surface area contributed by atoms with Crippen LogP contribution in [0.25, 0.3) is 0 Å². The quantitative estimate of drug-likeness (QED) is 0.806. The highest BCUT2D eigenvalue weighted by Crippen LogP contribution is 2.53. The van der Waals surface area contributed by atoms with Crippen molar-refractivity contribution in [1.82, 2.24) is 0 Å². The molecule has 4 nitrogen and oxygen atoms in total. The van der Waals surface area contributed by atoms with Gasteiger partial charge in [0, 0.05) is 18.2 Å². The van der Waals surface area contributed by atoms with Crippen LogP contribution in [0.5, 0.6) is 0 Å². The van der Waals surface area contributed by atoms with Crippen LogP contribution in [-0.4, -0.2) is 31.5 Å². The van der Waals surface area contributed by atoms with Crippen molar-refractivity contribution in [3.8, 4) is 0 Å². The molecule has 1 aromatic carbocycles. The maximum atomic E-state index is 12.0. The number of nitrogens with two attached hydrogens (primary N) is 2. The number of rotatable bonds is 4. The fourth-order valence-corrected chi connectivity index (χ4v) is 4.55. The summed E-state index contributed by atoms with van der Waals surface area (Å²) in [7, 11) is -3.15. The molecule has 5 heteroatoms. The SMILES string of the molecule is CCS(=O)(=O)[C@H]1[C@@H](c2ccccc2)[C@@]1(N)CN. The van der Waals surface area contributed by atoms with Gasteiger partial charge >= 0.3 is 0 Å². The van der Waals surface area contributed by atoms with Crippen LogP contribution in [0.4, 0.5) is 0 Å². The molecular weight excluding hydrogens is 236 g/mol. The number of sulfone groups is 1. The number of hydrogen-bond acceptors (Lipinski definition) is 4. The lowest BCUT2D eigenvalue weighted by Crippen LogP contribution is -2.39. The van der Waals surface area contributed by atoms with Crippen molar-refractivity contribution in [2.45, 2.75) is 23.6 Å². The van der Waals surface area contributed by atoms with Gasteiger partial charge < -0.3 is 11.5 Å². The summed E-state index contributed by atoms with van der Waals surface area (Å²) in [6, 6.07) is 9.50. The lowest BCUT2D eigenvalue weighted by atomic mass is 10.1. The predicted molar refractivity (Wildman–Crippen MR) is 68.4 cm³/mol. The molecule has 1 aliphatic carbocycles. The lowest BCUT2D eigenvalue weighted by molar-refractivity contribution is 0.587. The molecule has 0 spiro atoms. The van der Waals surface area contributed by atoms with E-state index in [1.54, 1.807) is 6.92 Å². The Morgan fingerprint density at radius 1 is 1.29 bits per heavy atom. The Bertz CT molecular complexity index is 500. The van der Waals surface area contributed by atoms with Crippen LogP contribution in [0.1, 0.15) is 18.4 Å². The second-order valence-electron chi connectivity index (χ2n) is 4.58. The van der Waals surface area contributed by atoms with E-state index in [1.165, 1.54) is 0 Å². The first-order valence-electron chi connectivity index (χ1n) is 5.73. The van der Waals surface area contributed by atoms with Crippen LogP contribution >= 0.6 is 0 Å². The average Bonchev–Trinajstić information content (AvgIpc) is 2.99. The second-order valence-corrected chi connectivity index (χ2v) is 6.99. The van der Waals surface area contributed by atoms with Gasteiger partial charge in [0.1, 0.15) is 0 Å². The molecule has 3 atom stereocenters. The third-order valence-electron chi connectivity index (χ3n) is 3.60. The molecule has 17 heavy (non-hydrogen) atoms. The molecule has 0 bridgehead atoms. The van der Waals surface area contributed by atoms with Crippen molar-refractivity contribution in [2.75, 3.05) is 12.3 Å². The van der Waals surface area contributed by atoms with Gasteiger partial charge in [-0.3, -0.25) is 0 Å². The highest BCUT2D eigenvalue weighted by molar-refractivity contribution is 7.92. The van der Waals surface area contributed by atoms with E-state index in [2.05, 4.69) is 0 Å². The first-order valence-corrected chi connectivity index (χ1v) is 7.44. The van der Waals surface area contributed by atoms with Gasteiger partial charge in [0.25, 0.3) is 0 Å². The molecule has 0 saturated heterocycles. The topological polar surface area (TPSA) is 86.2 Å². The van der Waals surface area contributed by atoms with Crippen molar-refractivity contribution in [2.24, 2.45) is 11.5 Å². The molecule has 1 aliphatic rings. The first-order chi connectivity index (χ1) is 7.97. The van der Waals surface area contributed by atoms with Gasteiger partial charge in [-0.2, -0.15) is 0 Å². The van der Waals surface area contributed by atoms with Crippen LogP contribution in [-0.2, 0) is 9.84 Å². The molecule has 0 aliphatic heterocycles. The largest absolute Gasteiger partial charge is 0.329 e. The average molecular weight is 254 g/mol. The molecule has 4 N–H and O–H groups in total. The van der Waals surface area contributed by atoms with E-state index in [-0.39, 0.29) is 18.2 Å². The predicted octanol–water partition coefficient (Wildman–Crippen LogP) is 0.243. The Hall–Kier alpha value is -0.910. The lowest BCUT2D eigenvalue weighted by Gasteiger charge is -2.07. The number of benzene rings is 1. The third kappa shape index (κ3) is 1.88. The van der Waals surface area contributed by atoms with Crippen molar-refractivity contribution in [1.29, 1.82) is 0 Å². The van der Waals surface area contributed by atoms with Crippen LogP contribution in [0.15, 0.2) is 30.3 Å². The fraction of sp³-hybridized carbons (Fsp3) is 0.500. The van der Waals surface area contributed by atoms with Crippen LogP contribution in [0.3, 0.4) is 0 Å². The van der Waals surface area contributed by atoms with Crippen molar-refractivity contribution < 1.29 is 8.42 Å². The minimum absolute atomic E-state index is 0.111. The Morgan fingerprint density at radius 3 is 2.35 bits per heavy atom. The molecule has 0 heterocycles. The first kappa shape index (κ1) is 12.5. The van der Waals surface area contributed by atoms with Crippen LogP contribution in [0.2, 0.25) is 0 Å². The van der Waals surface area contributed by atoms with E-state index in [0.29, 0.717) is 0 Å². The minimum atomic E-state index is -3.15. The zero-order valence-corrected chi connectivity index (χ0v) is 10.7. The Balaban J connectivity index is 2.37. The van der Waals surface area contributed by atoms with E-state index in [0.717, 1.165) is 5.56 Å².